The summed E-state index contributed by atoms with van der Waals surface area (Å²) in [5.74, 6) is -2.08. The normalized spacial score (nSPS) is 17.2. The Labute approximate surface area is 190 Å². The van der Waals surface area contributed by atoms with Gasteiger partial charge in [0.1, 0.15) is 0 Å². The van der Waals surface area contributed by atoms with Crippen molar-refractivity contribution in [2.24, 2.45) is 11.1 Å². The van der Waals surface area contributed by atoms with Gasteiger partial charge in [-0.15, -0.1) is 11.8 Å². The second-order valence-electron chi connectivity index (χ2n) is 7.24. The highest BCUT2D eigenvalue weighted by Crippen LogP contribution is 2.29. The fourth-order valence-electron chi connectivity index (χ4n) is 3.19. The van der Waals surface area contributed by atoms with Crippen LogP contribution in [0.4, 0.5) is 11.4 Å². The van der Waals surface area contributed by atoms with Crippen molar-refractivity contribution in [3.63, 3.8) is 0 Å². The van der Waals surface area contributed by atoms with E-state index in [4.69, 9.17) is 9.88 Å². The summed E-state index contributed by atoms with van der Waals surface area (Å²) in [6, 6.07) is 12.7. The van der Waals surface area contributed by atoms with Gasteiger partial charge in [0.2, 0.25) is 15.9 Å². The summed E-state index contributed by atoms with van der Waals surface area (Å²) in [5.41, 5.74) is 1.03. The van der Waals surface area contributed by atoms with Gasteiger partial charge in [0.05, 0.1) is 10.8 Å². The number of ether oxygens (including phenoxy) is 1. The lowest BCUT2D eigenvalue weighted by molar-refractivity contribution is -0.157. The number of carbonyl (C=O) groups is 3. The minimum Gasteiger partial charge on any atom is -0.452 e. The molecule has 0 saturated carbocycles. The van der Waals surface area contributed by atoms with Gasteiger partial charge in [-0.25, -0.2) is 13.6 Å². The topological polar surface area (TPSA) is 136 Å². The number of nitrogens with zero attached hydrogens (tertiary/aromatic N) is 1. The fourth-order valence-corrected chi connectivity index (χ4v) is 4.16. The van der Waals surface area contributed by atoms with Crippen LogP contribution in [0.2, 0.25) is 0 Å². The summed E-state index contributed by atoms with van der Waals surface area (Å²) < 4.78 is 27.9. The van der Waals surface area contributed by atoms with Crippen LogP contribution in [0.25, 0.3) is 0 Å². The molecule has 0 radical (unpaired) electrons. The highest BCUT2D eigenvalue weighted by Gasteiger charge is 2.37. The Morgan fingerprint density at radius 2 is 1.91 bits per heavy atom. The number of amides is 2. The van der Waals surface area contributed by atoms with E-state index in [0.717, 1.165) is 4.90 Å². The number of rotatable bonds is 7. The van der Waals surface area contributed by atoms with E-state index in [0.29, 0.717) is 11.4 Å². The van der Waals surface area contributed by atoms with Gasteiger partial charge in [-0.3, -0.25) is 14.4 Å². The molecule has 32 heavy (non-hydrogen) atoms. The lowest BCUT2D eigenvalue weighted by Gasteiger charge is -2.18. The van der Waals surface area contributed by atoms with Crippen molar-refractivity contribution in [3.05, 3.63) is 48.5 Å². The Morgan fingerprint density at radius 3 is 2.53 bits per heavy atom. The van der Waals surface area contributed by atoms with E-state index < -0.39 is 33.9 Å². The summed E-state index contributed by atoms with van der Waals surface area (Å²) in [4.78, 5) is 39.8. The number of primary sulfonamides is 1. The van der Waals surface area contributed by atoms with E-state index in [1.807, 2.05) is 30.5 Å². The molecule has 3 rings (SSSR count). The molecule has 2 amide bonds. The largest absolute Gasteiger partial charge is 0.452 e. The maximum Gasteiger partial charge on any atom is 0.312 e. The Balaban J connectivity index is 1.58. The zero-order valence-electron chi connectivity index (χ0n) is 17.5. The average Bonchev–Trinajstić information content (AvgIpc) is 3.15. The van der Waals surface area contributed by atoms with Gasteiger partial charge in [-0.2, -0.15) is 0 Å². The van der Waals surface area contributed by atoms with Gasteiger partial charge >= 0.3 is 5.97 Å². The first-order valence-electron chi connectivity index (χ1n) is 9.67. The summed E-state index contributed by atoms with van der Waals surface area (Å²) >= 11 is 1.55. The van der Waals surface area contributed by atoms with Gasteiger partial charge in [-0.05, 0) is 55.6 Å². The van der Waals surface area contributed by atoms with Gasteiger partial charge in [0.25, 0.3) is 5.91 Å². The minimum atomic E-state index is -3.84. The van der Waals surface area contributed by atoms with Crippen LogP contribution in [-0.4, -0.2) is 45.1 Å². The molecule has 1 fully saturated rings. The fraction of sp³-hybridized carbons (Fsp3) is 0.286. The van der Waals surface area contributed by atoms with Crippen molar-refractivity contribution in [3.8, 4) is 0 Å². The molecule has 2 atom stereocenters. The maximum atomic E-state index is 12.5. The molecule has 1 aliphatic heterocycles. The van der Waals surface area contributed by atoms with Crippen LogP contribution in [0.15, 0.2) is 58.3 Å². The number of hydrogen-bond donors (Lipinski definition) is 2. The summed E-state index contributed by atoms with van der Waals surface area (Å²) in [6.45, 7) is 1.60. The van der Waals surface area contributed by atoms with E-state index in [9.17, 15) is 22.8 Å². The van der Waals surface area contributed by atoms with Crippen LogP contribution < -0.4 is 15.4 Å². The number of esters is 1. The first-order chi connectivity index (χ1) is 15.1. The molecule has 11 heteroatoms. The van der Waals surface area contributed by atoms with Crippen molar-refractivity contribution in [2.75, 3.05) is 23.0 Å². The Bertz CT molecular complexity index is 1130. The lowest BCUT2D eigenvalue weighted by atomic mass is 10.1. The smallest absolute Gasteiger partial charge is 0.312 e. The minimum absolute atomic E-state index is 0.00565. The molecule has 1 saturated heterocycles. The molecular weight excluding hydrogens is 454 g/mol. The highest BCUT2D eigenvalue weighted by molar-refractivity contribution is 7.98. The Morgan fingerprint density at radius 1 is 1.22 bits per heavy atom. The molecular formula is C21H23N3O6S2. The van der Waals surface area contributed by atoms with Gasteiger partial charge in [0.15, 0.2) is 6.10 Å². The number of nitrogens with one attached hydrogen (secondary N) is 1. The molecule has 9 nitrogen and oxygen atoms in total. The third-order valence-corrected chi connectivity index (χ3v) is 6.59. The van der Waals surface area contributed by atoms with E-state index in [1.165, 1.54) is 31.2 Å². The number of anilines is 2. The molecule has 1 heterocycles. The lowest BCUT2D eigenvalue weighted by Crippen LogP contribution is -2.33. The van der Waals surface area contributed by atoms with Crippen LogP contribution in [0, 0.1) is 5.92 Å². The first-order valence-corrected chi connectivity index (χ1v) is 12.4. The molecule has 0 aliphatic carbocycles. The third-order valence-electron chi connectivity index (χ3n) is 4.94. The summed E-state index contributed by atoms with van der Waals surface area (Å²) in [5, 5.41) is 7.58. The number of sulfonamides is 1. The maximum absolute atomic E-state index is 12.5. The zero-order valence-corrected chi connectivity index (χ0v) is 19.1. The standard InChI is InChI=1S/C21H23N3O6S2/c1-13(20(26)23-15-6-8-18(9-7-15)32(22,28)29)30-21(27)14-10-19(25)24(12-14)16-4-3-5-17(11-16)31-2/h3-9,11,13-14H,10,12H2,1-2H3,(H,23,26)(H2,22,28,29)/t13-,14+/m0/s1. The molecule has 0 unspecified atom stereocenters. The van der Waals surface area contributed by atoms with Gasteiger partial charge in [0, 0.05) is 29.2 Å². The first kappa shape index (κ1) is 23.8. The molecule has 2 aromatic rings. The van der Waals surface area contributed by atoms with Crippen LogP contribution in [0.3, 0.4) is 0 Å². The quantitative estimate of drug-likeness (QED) is 0.460. The molecule has 2 aromatic carbocycles. The molecule has 170 valence electrons. The number of thioether (sulfide) groups is 1. The summed E-state index contributed by atoms with van der Waals surface area (Å²) in [7, 11) is -3.84. The van der Waals surface area contributed by atoms with Gasteiger partial charge in [-0.1, -0.05) is 6.07 Å². The second-order valence-corrected chi connectivity index (χ2v) is 9.69. The Hall–Kier alpha value is -2.89. The Kier molecular flexibility index (Phi) is 7.22. The SMILES string of the molecule is CSc1cccc(N2C[C@H](C(=O)O[C@@H](C)C(=O)Nc3ccc(S(N)(=O)=O)cc3)CC2=O)c1. The van der Waals surface area contributed by atoms with E-state index in [-0.39, 0.29) is 23.8 Å². The molecule has 3 N–H and O–H groups in total. The predicted octanol–water partition coefficient (Wildman–Crippen LogP) is 1.98. The number of nitrogens with two attached hydrogens (primary N) is 1. The number of carbonyl (C=O) groups excluding carboxylic acids is 3. The zero-order chi connectivity index (χ0) is 23.5. The summed E-state index contributed by atoms with van der Waals surface area (Å²) in [6.07, 6.45) is 0.835. The van der Waals surface area contributed by atoms with E-state index in [2.05, 4.69) is 5.32 Å². The number of benzene rings is 2. The van der Waals surface area contributed by atoms with Gasteiger partial charge < -0.3 is 15.0 Å². The average molecular weight is 478 g/mol. The van der Waals surface area contributed by atoms with Crippen molar-refractivity contribution >= 4 is 50.9 Å². The molecule has 0 bridgehead atoms. The van der Waals surface area contributed by atoms with Crippen LogP contribution in [0.5, 0.6) is 0 Å². The molecule has 0 spiro atoms. The van der Waals surface area contributed by atoms with Crippen molar-refractivity contribution in [1.29, 1.82) is 0 Å². The van der Waals surface area contributed by atoms with Crippen molar-refractivity contribution < 1.29 is 27.5 Å². The highest BCUT2D eigenvalue weighted by atomic mass is 32.2. The van der Waals surface area contributed by atoms with Crippen LogP contribution in [0.1, 0.15) is 13.3 Å². The van der Waals surface area contributed by atoms with E-state index >= 15 is 0 Å². The monoisotopic (exact) mass is 477 g/mol. The van der Waals surface area contributed by atoms with Crippen LogP contribution >= 0.6 is 11.8 Å². The van der Waals surface area contributed by atoms with Crippen molar-refractivity contribution in [2.45, 2.75) is 29.2 Å². The predicted molar refractivity (Wildman–Crippen MR) is 121 cm³/mol. The van der Waals surface area contributed by atoms with Crippen LogP contribution in [-0.2, 0) is 29.1 Å². The number of hydrogen-bond acceptors (Lipinski definition) is 7. The molecule has 1 aliphatic rings. The van der Waals surface area contributed by atoms with E-state index in [1.54, 1.807) is 16.7 Å². The third kappa shape index (κ3) is 5.67. The second kappa shape index (κ2) is 9.72. The van der Waals surface area contributed by atoms with Crippen molar-refractivity contribution in [1.82, 2.24) is 0 Å². The molecule has 0 aromatic heterocycles.